The van der Waals surface area contributed by atoms with Gasteiger partial charge in [0.15, 0.2) is 0 Å². The summed E-state index contributed by atoms with van der Waals surface area (Å²) in [5.74, 6) is 0.662. The lowest BCUT2D eigenvalue weighted by molar-refractivity contribution is 0.447. The van der Waals surface area contributed by atoms with Gasteiger partial charge in [0.05, 0.1) is 0 Å². The highest BCUT2D eigenvalue weighted by Gasteiger charge is 2.18. The van der Waals surface area contributed by atoms with Gasteiger partial charge in [-0.2, -0.15) is 0 Å². The van der Waals surface area contributed by atoms with Crippen LogP contribution in [0.4, 0.5) is 0 Å². The summed E-state index contributed by atoms with van der Waals surface area (Å²) in [5, 5.41) is 3.47. The highest BCUT2D eigenvalue weighted by Crippen LogP contribution is 2.31. The molecule has 0 aromatic heterocycles. The molecule has 0 spiro atoms. The van der Waals surface area contributed by atoms with E-state index >= 15 is 0 Å². The lowest BCUT2D eigenvalue weighted by atomic mass is 9.84. The molecule has 0 bridgehead atoms. The third kappa shape index (κ3) is 3.62. The molecule has 2 aromatic carbocycles. The zero-order valence-corrected chi connectivity index (χ0v) is 12.7. The van der Waals surface area contributed by atoms with E-state index < -0.39 is 0 Å². The van der Waals surface area contributed by atoms with Gasteiger partial charge in [0.1, 0.15) is 0 Å². The summed E-state index contributed by atoms with van der Waals surface area (Å²) in [6, 6.07) is 19.7. The fourth-order valence-corrected chi connectivity index (χ4v) is 3.04. The highest BCUT2D eigenvalue weighted by molar-refractivity contribution is 5.82. The van der Waals surface area contributed by atoms with Crippen molar-refractivity contribution in [1.29, 1.82) is 0 Å². The van der Waals surface area contributed by atoms with Crippen LogP contribution in [-0.4, -0.2) is 13.1 Å². The van der Waals surface area contributed by atoms with E-state index in [4.69, 9.17) is 0 Å². The van der Waals surface area contributed by atoms with Crippen molar-refractivity contribution in [3.8, 4) is 0 Å². The Morgan fingerprint density at radius 2 is 1.62 bits per heavy atom. The third-order valence-electron chi connectivity index (χ3n) is 4.29. The lowest BCUT2D eigenvalue weighted by Gasteiger charge is -2.26. The number of aryl methyl sites for hydroxylation is 1. The van der Waals surface area contributed by atoms with Crippen LogP contribution in [0.1, 0.15) is 29.5 Å². The molecule has 0 amide bonds. The monoisotopic (exact) mass is 277 g/mol. The summed E-state index contributed by atoms with van der Waals surface area (Å²) in [4.78, 5) is 0. The molecule has 1 fully saturated rings. The average molecular weight is 277 g/mol. The molecule has 1 nitrogen and oxygen atoms in total. The van der Waals surface area contributed by atoms with E-state index in [9.17, 15) is 0 Å². The summed E-state index contributed by atoms with van der Waals surface area (Å²) < 4.78 is 0. The standard InChI is InChI=1S/C20H23N/c1-16-7-9-17(10-8-16)15-20(18-5-3-2-4-6-18)19-11-13-21-14-12-19/h2-10,15,19,21H,11-14H2,1H3. The molecule has 0 saturated carbocycles. The minimum Gasteiger partial charge on any atom is -0.317 e. The maximum atomic E-state index is 3.47. The quantitative estimate of drug-likeness (QED) is 0.812. The summed E-state index contributed by atoms with van der Waals surface area (Å²) in [5.41, 5.74) is 5.47. The molecule has 1 N–H and O–H groups in total. The van der Waals surface area contributed by atoms with Gasteiger partial charge in [0.2, 0.25) is 0 Å². The van der Waals surface area contributed by atoms with Gasteiger partial charge >= 0.3 is 0 Å². The van der Waals surface area contributed by atoms with Crippen molar-refractivity contribution in [2.45, 2.75) is 19.8 Å². The molecule has 1 aliphatic heterocycles. The van der Waals surface area contributed by atoms with Gasteiger partial charge in [-0.25, -0.2) is 0 Å². The first-order valence-electron chi connectivity index (χ1n) is 7.87. The minimum atomic E-state index is 0.662. The minimum absolute atomic E-state index is 0.662. The molecular formula is C20H23N. The van der Waals surface area contributed by atoms with Crippen molar-refractivity contribution >= 4 is 11.6 Å². The Labute approximate surface area is 127 Å². The summed E-state index contributed by atoms with van der Waals surface area (Å²) >= 11 is 0. The Kier molecular flexibility index (Phi) is 4.52. The number of rotatable bonds is 3. The maximum Gasteiger partial charge on any atom is -0.00431 e. The molecule has 108 valence electrons. The average Bonchev–Trinajstić information content (AvgIpc) is 2.56. The van der Waals surface area contributed by atoms with Crippen molar-refractivity contribution in [2.24, 2.45) is 5.92 Å². The third-order valence-corrected chi connectivity index (χ3v) is 4.29. The van der Waals surface area contributed by atoms with Crippen LogP contribution in [-0.2, 0) is 0 Å². The van der Waals surface area contributed by atoms with Gasteiger partial charge in [-0.15, -0.1) is 0 Å². The fourth-order valence-electron chi connectivity index (χ4n) is 3.04. The maximum absolute atomic E-state index is 3.47. The Morgan fingerprint density at radius 3 is 2.29 bits per heavy atom. The van der Waals surface area contributed by atoms with Crippen molar-refractivity contribution in [1.82, 2.24) is 5.32 Å². The van der Waals surface area contributed by atoms with E-state index in [1.807, 2.05) is 0 Å². The van der Waals surface area contributed by atoms with E-state index in [2.05, 4.69) is 72.9 Å². The summed E-state index contributed by atoms with van der Waals surface area (Å²) in [6.45, 7) is 4.39. The van der Waals surface area contributed by atoms with Crippen LogP contribution in [0.3, 0.4) is 0 Å². The zero-order valence-electron chi connectivity index (χ0n) is 12.7. The Bertz CT molecular complexity index is 589. The molecule has 0 unspecified atom stereocenters. The zero-order chi connectivity index (χ0) is 14.5. The fraction of sp³-hybridized carbons (Fsp3) is 0.300. The second-order valence-electron chi connectivity index (χ2n) is 5.90. The molecular weight excluding hydrogens is 254 g/mol. The number of hydrogen-bond acceptors (Lipinski definition) is 1. The van der Waals surface area contributed by atoms with Crippen molar-refractivity contribution in [3.63, 3.8) is 0 Å². The Morgan fingerprint density at radius 1 is 0.952 bits per heavy atom. The first-order valence-corrected chi connectivity index (χ1v) is 7.87. The normalized spacial score (nSPS) is 16.9. The molecule has 2 aromatic rings. The largest absolute Gasteiger partial charge is 0.317 e. The van der Waals surface area contributed by atoms with E-state index in [0.717, 1.165) is 13.1 Å². The molecule has 0 radical (unpaired) electrons. The molecule has 1 heteroatoms. The van der Waals surface area contributed by atoms with Gasteiger partial charge in [-0.3, -0.25) is 0 Å². The predicted octanol–water partition coefficient (Wildman–Crippen LogP) is 4.54. The van der Waals surface area contributed by atoms with Gasteiger partial charge in [-0.1, -0.05) is 66.2 Å². The topological polar surface area (TPSA) is 12.0 Å². The van der Waals surface area contributed by atoms with E-state index in [0.29, 0.717) is 5.92 Å². The van der Waals surface area contributed by atoms with Crippen LogP contribution in [0.25, 0.3) is 11.6 Å². The number of hydrogen-bond donors (Lipinski definition) is 1. The molecule has 0 atom stereocenters. The first-order chi connectivity index (χ1) is 10.3. The molecule has 1 saturated heterocycles. The number of allylic oxidation sites excluding steroid dienone is 1. The van der Waals surface area contributed by atoms with E-state index in [1.54, 1.807) is 0 Å². The highest BCUT2D eigenvalue weighted by atomic mass is 14.9. The van der Waals surface area contributed by atoms with Crippen molar-refractivity contribution in [3.05, 3.63) is 71.3 Å². The van der Waals surface area contributed by atoms with Crippen LogP contribution in [0.5, 0.6) is 0 Å². The van der Waals surface area contributed by atoms with E-state index in [1.165, 1.54) is 35.1 Å². The molecule has 3 rings (SSSR count). The Hall–Kier alpha value is -1.86. The summed E-state index contributed by atoms with van der Waals surface area (Å²) in [7, 11) is 0. The van der Waals surface area contributed by atoms with Crippen molar-refractivity contribution < 1.29 is 0 Å². The second-order valence-corrected chi connectivity index (χ2v) is 5.90. The van der Waals surface area contributed by atoms with Gasteiger partial charge in [-0.05, 0) is 55.5 Å². The van der Waals surface area contributed by atoms with Gasteiger partial charge < -0.3 is 5.32 Å². The predicted molar refractivity (Wildman–Crippen MR) is 91.1 cm³/mol. The van der Waals surface area contributed by atoms with Crippen LogP contribution >= 0.6 is 0 Å². The van der Waals surface area contributed by atoms with Crippen LogP contribution in [0.15, 0.2) is 54.6 Å². The second kappa shape index (κ2) is 6.73. The number of piperidine rings is 1. The molecule has 1 aliphatic rings. The molecule has 1 heterocycles. The van der Waals surface area contributed by atoms with Gasteiger partial charge in [0, 0.05) is 0 Å². The van der Waals surface area contributed by atoms with Gasteiger partial charge in [0.25, 0.3) is 0 Å². The smallest absolute Gasteiger partial charge is 0.00431 e. The summed E-state index contributed by atoms with van der Waals surface area (Å²) in [6.07, 6.45) is 4.84. The van der Waals surface area contributed by atoms with Crippen LogP contribution < -0.4 is 5.32 Å². The number of nitrogens with one attached hydrogen (secondary N) is 1. The molecule has 21 heavy (non-hydrogen) atoms. The van der Waals surface area contributed by atoms with E-state index in [-0.39, 0.29) is 0 Å². The molecule has 0 aliphatic carbocycles. The first kappa shape index (κ1) is 14.1. The van der Waals surface area contributed by atoms with Crippen LogP contribution in [0, 0.1) is 12.8 Å². The Balaban J connectivity index is 1.96. The van der Waals surface area contributed by atoms with Crippen molar-refractivity contribution in [2.75, 3.05) is 13.1 Å². The van der Waals surface area contributed by atoms with Crippen LogP contribution in [0.2, 0.25) is 0 Å². The lowest BCUT2D eigenvalue weighted by Crippen LogP contribution is -2.28. The SMILES string of the molecule is Cc1ccc(C=C(c2ccccc2)C2CCNCC2)cc1. The number of benzene rings is 2.